The van der Waals surface area contributed by atoms with Crippen LogP contribution in [-0.4, -0.2) is 21.0 Å². The maximum atomic E-state index is 4.47. The molecule has 0 saturated heterocycles. The van der Waals surface area contributed by atoms with Gasteiger partial charge in [0.1, 0.15) is 0 Å². The molecule has 1 N–H and O–H groups in total. The summed E-state index contributed by atoms with van der Waals surface area (Å²) in [6.07, 6.45) is 1.80. The second kappa shape index (κ2) is 5.05. The molecule has 5 nitrogen and oxygen atoms in total. The Morgan fingerprint density at radius 3 is 2.80 bits per heavy atom. The highest BCUT2D eigenvalue weighted by Gasteiger charge is 2.06. The third kappa shape index (κ3) is 2.30. The van der Waals surface area contributed by atoms with Gasteiger partial charge in [-0.3, -0.25) is 10.1 Å². The molecule has 0 spiro atoms. The Bertz CT molecular complexity index is 751. The molecule has 6 heteroatoms. The molecule has 0 amide bonds. The standard InChI is InChI=1S/C14H15N5S/c1-9-11(10(2)19(3)18-9)8-15-17-14-16-12-6-4-5-7-13(12)20-14/h4-8H,1-3H3,(H,16,17)/b15-8-. The summed E-state index contributed by atoms with van der Waals surface area (Å²) >= 11 is 1.59. The van der Waals surface area contributed by atoms with Crippen molar-refractivity contribution in [2.75, 3.05) is 5.43 Å². The minimum atomic E-state index is 0.793. The fourth-order valence-electron chi connectivity index (χ4n) is 2.05. The van der Waals surface area contributed by atoms with Crippen LogP contribution in [0.15, 0.2) is 29.4 Å². The van der Waals surface area contributed by atoms with Crippen LogP contribution in [0.25, 0.3) is 10.2 Å². The topological polar surface area (TPSA) is 55.1 Å². The van der Waals surface area contributed by atoms with E-state index in [-0.39, 0.29) is 0 Å². The molecule has 0 unspecified atom stereocenters. The number of thiazole rings is 1. The van der Waals surface area contributed by atoms with Gasteiger partial charge >= 0.3 is 0 Å². The van der Waals surface area contributed by atoms with E-state index in [0.29, 0.717) is 0 Å². The summed E-state index contributed by atoms with van der Waals surface area (Å²) < 4.78 is 3.01. The van der Waals surface area contributed by atoms with Gasteiger partial charge in [-0.1, -0.05) is 23.5 Å². The fourth-order valence-corrected chi connectivity index (χ4v) is 2.86. The van der Waals surface area contributed by atoms with Crippen LogP contribution < -0.4 is 5.43 Å². The Labute approximate surface area is 121 Å². The number of anilines is 1. The van der Waals surface area contributed by atoms with E-state index >= 15 is 0 Å². The lowest BCUT2D eigenvalue weighted by Crippen LogP contribution is -1.94. The molecule has 3 aromatic rings. The van der Waals surface area contributed by atoms with E-state index in [9.17, 15) is 0 Å². The summed E-state index contributed by atoms with van der Waals surface area (Å²) in [5.41, 5.74) is 7.09. The minimum Gasteiger partial charge on any atom is -0.272 e. The molecule has 2 heterocycles. The SMILES string of the molecule is Cc1nn(C)c(C)c1/C=N\Nc1nc2ccccc2s1. The van der Waals surface area contributed by atoms with Crippen molar-refractivity contribution in [3.05, 3.63) is 41.2 Å². The number of rotatable bonds is 3. The highest BCUT2D eigenvalue weighted by molar-refractivity contribution is 7.22. The van der Waals surface area contributed by atoms with E-state index in [1.165, 1.54) is 0 Å². The van der Waals surface area contributed by atoms with Crippen LogP contribution in [0, 0.1) is 13.8 Å². The van der Waals surface area contributed by atoms with Gasteiger partial charge in [0.05, 0.1) is 22.1 Å². The molecule has 0 atom stereocenters. The van der Waals surface area contributed by atoms with Gasteiger partial charge in [0.15, 0.2) is 0 Å². The normalized spacial score (nSPS) is 11.6. The second-order valence-electron chi connectivity index (χ2n) is 4.56. The van der Waals surface area contributed by atoms with Gasteiger partial charge in [-0.25, -0.2) is 4.98 Å². The number of hydrazone groups is 1. The monoisotopic (exact) mass is 285 g/mol. The Morgan fingerprint density at radius 1 is 1.30 bits per heavy atom. The number of para-hydroxylation sites is 1. The summed E-state index contributed by atoms with van der Waals surface area (Å²) in [4.78, 5) is 4.47. The van der Waals surface area contributed by atoms with Gasteiger partial charge in [0.25, 0.3) is 0 Å². The molecule has 20 heavy (non-hydrogen) atoms. The average Bonchev–Trinajstić information content (AvgIpc) is 2.94. The highest BCUT2D eigenvalue weighted by atomic mass is 32.1. The number of hydrogen-bond acceptors (Lipinski definition) is 5. The molecule has 0 fully saturated rings. The molecule has 0 radical (unpaired) electrons. The summed E-state index contributed by atoms with van der Waals surface area (Å²) in [7, 11) is 1.93. The smallest absolute Gasteiger partial charge is 0.204 e. The maximum Gasteiger partial charge on any atom is 0.204 e. The lowest BCUT2D eigenvalue weighted by Gasteiger charge is -1.95. The lowest BCUT2D eigenvalue weighted by atomic mass is 10.2. The number of fused-ring (bicyclic) bond motifs is 1. The predicted octanol–water partition coefficient (Wildman–Crippen LogP) is 3.09. The number of benzene rings is 1. The van der Waals surface area contributed by atoms with E-state index < -0.39 is 0 Å². The number of aryl methyl sites for hydroxylation is 2. The van der Waals surface area contributed by atoms with Gasteiger partial charge in [-0.2, -0.15) is 10.2 Å². The van der Waals surface area contributed by atoms with Crippen molar-refractivity contribution in [3.8, 4) is 0 Å². The van der Waals surface area contributed by atoms with E-state index in [4.69, 9.17) is 0 Å². The zero-order valence-electron chi connectivity index (χ0n) is 11.6. The summed E-state index contributed by atoms with van der Waals surface area (Å²) in [6.45, 7) is 4.01. The first-order chi connectivity index (χ1) is 9.65. The van der Waals surface area contributed by atoms with Gasteiger partial charge < -0.3 is 0 Å². The zero-order chi connectivity index (χ0) is 14.1. The third-order valence-electron chi connectivity index (χ3n) is 3.21. The molecular weight excluding hydrogens is 270 g/mol. The van der Waals surface area contributed by atoms with Crippen LogP contribution in [0.4, 0.5) is 5.13 Å². The second-order valence-corrected chi connectivity index (χ2v) is 5.60. The fraction of sp³-hybridized carbons (Fsp3) is 0.214. The van der Waals surface area contributed by atoms with Crippen molar-refractivity contribution >= 4 is 32.9 Å². The summed E-state index contributed by atoms with van der Waals surface area (Å²) in [5, 5.41) is 9.41. The van der Waals surface area contributed by atoms with Crippen molar-refractivity contribution in [2.24, 2.45) is 12.1 Å². The van der Waals surface area contributed by atoms with Crippen molar-refractivity contribution in [3.63, 3.8) is 0 Å². The Morgan fingerprint density at radius 2 is 2.10 bits per heavy atom. The van der Waals surface area contributed by atoms with Crippen LogP contribution in [-0.2, 0) is 7.05 Å². The molecule has 0 bridgehead atoms. The molecule has 0 saturated carbocycles. The van der Waals surface area contributed by atoms with Gasteiger partial charge in [0.2, 0.25) is 5.13 Å². The highest BCUT2D eigenvalue weighted by Crippen LogP contribution is 2.25. The van der Waals surface area contributed by atoms with Crippen molar-refractivity contribution < 1.29 is 0 Å². The Kier molecular flexibility index (Phi) is 3.23. The van der Waals surface area contributed by atoms with E-state index in [0.717, 1.165) is 32.3 Å². The molecule has 0 aliphatic carbocycles. The van der Waals surface area contributed by atoms with Crippen molar-refractivity contribution in [1.29, 1.82) is 0 Å². The van der Waals surface area contributed by atoms with Crippen molar-refractivity contribution in [2.45, 2.75) is 13.8 Å². The molecule has 2 aromatic heterocycles. The molecule has 1 aromatic carbocycles. The van der Waals surface area contributed by atoms with Gasteiger partial charge in [0, 0.05) is 18.3 Å². The zero-order valence-corrected chi connectivity index (χ0v) is 12.4. The number of nitrogens with zero attached hydrogens (tertiary/aromatic N) is 4. The summed E-state index contributed by atoms with van der Waals surface area (Å²) in [6, 6.07) is 8.04. The van der Waals surface area contributed by atoms with E-state index in [1.54, 1.807) is 17.6 Å². The average molecular weight is 285 g/mol. The third-order valence-corrected chi connectivity index (χ3v) is 4.15. The van der Waals surface area contributed by atoms with Crippen LogP contribution in [0.1, 0.15) is 17.0 Å². The predicted molar refractivity (Wildman–Crippen MR) is 83.5 cm³/mol. The van der Waals surface area contributed by atoms with E-state index in [2.05, 4.69) is 26.7 Å². The molecular formula is C14H15N5S. The van der Waals surface area contributed by atoms with Crippen LogP contribution >= 0.6 is 11.3 Å². The first kappa shape index (κ1) is 12.8. The van der Waals surface area contributed by atoms with E-state index in [1.807, 2.05) is 43.8 Å². The first-order valence-corrected chi connectivity index (χ1v) is 7.11. The van der Waals surface area contributed by atoms with Crippen LogP contribution in [0.3, 0.4) is 0 Å². The minimum absolute atomic E-state index is 0.793. The molecule has 3 rings (SSSR count). The Hall–Kier alpha value is -2.21. The molecule has 0 aliphatic heterocycles. The van der Waals surface area contributed by atoms with Crippen molar-refractivity contribution in [1.82, 2.24) is 14.8 Å². The van der Waals surface area contributed by atoms with Gasteiger partial charge in [-0.05, 0) is 26.0 Å². The molecule has 0 aliphatic rings. The number of hydrogen-bond donors (Lipinski definition) is 1. The first-order valence-electron chi connectivity index (χ1n) is 6.30. The number of aromatic nitrogens is 3. The van der Waals surface area contributed by atoms with Crippen LogP contribution in [0.5, 0.6) is 0 Å². The maximum absolute atomic E-state index is 4.47. The Balaban J connectivity index is 1.80. The number of nitrogens with one attached hydrogen (secondary N) is 1. The van der Waals surface area contributed by atoms with Crippen LogP contribution in [0.2, 0.25) is 0 Å². The summed E-state index contributed by atoms with van der Waals surface area (Å²) in [5.74, 6) is 0. The quantitative estimate of drug-likeness (QED) is 0.594. The largest absolute Gasteiger partial charge is 0.272 e. The lowest BCUT2D eigenvalue weighted by molar-refractivity contribution is 0.731. The molecule has 102 valence electrons. The van der Waals surface area contributed by atoms with Gasteiger partial charge in [-0.15, -0.1) is 0 Å².